The maximum Gasteiger partial charge on any atom is 0.318 e. The summed E-state index contributed by atoms with van der Waals surface area (Å²) in [6, 6.07) is 6.43. The molecule has 0 spiro atoms. The number of benzene rings is 1. The van der Waals surface area contributed by atoms with Crippen LogP contribution in [-0.4, -0.2) is 16.4 Å². The summed E-state index contributed by atoms with van der Waals surface area (Å²) < 4.78 is 0. The monoisotopic (exact) mass is 213 g/mol. The largest absolute Gasteiger partial charge is 0.481 e. The molecule has 0 aliphatic carbocycles. The minimum atomic E-state index is -0.890. The first kappa shape index (κ1) is 10.5. The summed E-state index contributed by atoms with van der Waals surface area (Å²) in [5, 5.41) is 10.2. The highest BCUT2D eigenvalue weighted by Crippen LogP contribution is 2.10. The molecule has 1 aromatic carbocycles. The van der Waals surface area contributed by atoms with Crippen LogP contribution in [-0.2, 0) is 11.2 Å². The van der Waals surface area contributed by atoms with Gasteiger partial charge >= 0.3 is 11.3 Å². The third-order valence-electron chi connectivity index (χ3n) is 1.55. The third-order valence-corrected chi connectivity index (χ3v) is 1.65. The lowest BCUT2D eigenvalue weighted by Crippen LogP contribution is -2.02. The van der Waals surface area contributed by atoms with Gasteiger partial charge in [0.2, 0.25) is 0 Å². The zero-order valence-electron chi connectivity index (χ0n) is 7.16. The average molecular weight is 214 g/mol. The van der Waals surface area contributed by atoms with E-state index in [2.05, 4.69) is 5.32 Å². The Bertz CT molecular complexity index is 313. The number of carbonyl (C=O) groups is 2. The molecular formula is C9H8ClNO3. The van der Waals surface area contributed by atoms with E-state index in [-0.39, 0.29) is 6.42 Å². The van der Waals surface area contributed by atoms with Gasteiger partial charge < -0.3 is 10.4 Å². The van der Waals surface area contributed by atoms with Crippen LogP contribution < -0.4 is 5.32 Å². The second kappa shape index (κ2) is 4.62. The van der Waals surface area contributed by atoms with E-state index in [9.17, 15) is 9.59 Å². The Morgan fingerprint density at radius 1 is 1.29 bits per heavy atom. The molecule has 0 radical (unpaired) electrons. The normalized spacial score (nSPS) is 9.50. The molecule has 0 atom stereocenters. The maximum atomic E-state index is 10.4. The van der Waals surface area contributed by atoms with Gasteiger partial charge in [-0.15, -0.1) is 0 Å². The summed E-state index contributed by atoms with van der Waals surface area (Å²) in [5.41, 5.74) is 1.21. The molecule has 1 amide bonds. The van der Waals surface area contributed by atoms with Crippen molar-refractivity contribution in [1.29, 1.82) is 0 Å². The highest BCUT2D eigenvalue weighted by Gasteiger charge is 2.01. The van der Waals surface area contributed by atoms with Gasteiger partial charge in [0.05, 0.1) is 6.42 Å². The second-order valence-corrected chi connectivity index (χ2v) is 3.01. The Balaban J connectivity index is 2.68. The Morgan fingerprint density at radius 2 is 1.86 bits per heavy atom. The number of anilines is 1. The van der Waals surface area contributed by atoms with Gasteiger partial charge in [-0.3, -0.25) is 9.59 Å². The highest BCUT2D eigenvalue weighted by molar-refractivity contribution is 6.65. The summed E-state index contributed by atoms with van der Waals surface area (Å²) in [4.78, 5) is 20.8. The molecule has 0 aromatic heterocycles. The molecule has 0 unspecified atom stereocenters. The molecule has 0 aliphatic rings. The van der Waals surface area contributed by atoms with Crippen molar-refractivity contribution in [1.82, 2.24) is 0 Å². The molecule has 0 saturated carbocycles. The first-order valence-corrected chi connectivity index (χ1v) is 4.23. The van der Waals surface area contributed by atoms with Gasteiger partial charge in [-0.25, -0.2) is 0 Å². The van der Waals surface area contributed by atoms with Crippen LogP contribution in [0, 0.1) is 0 Å². The zero-order chi connectivity index (χ0) is 10.6. The lowest BCUT2D eigenvalue weighted by atomic mass is 10.1. The lowest BCUT2D eigenvalue weighted by molar-refractivity contribution is -0.136. The van der Waals surface area contributed by atoms with E-state index >= 15 is 0 Å². The summed E-state index contributed by atoms with van der Waals surface area (Å²) in [5.74, 6) is -0.890. The van der Waals surface area contributed by atoms with Crippen molar-refractivity contribution < 1.29 is 14.7 Å². The van der Waals surface area contributed by atoms with Crippen LogP contribution in [0.15, 0.2) is 24.3 Å². The van der Waals surface area contributed by atoms with Crippen molar-refractivity contribution in [3.63, 3.8) is 0 Å². The minimum Gasteiger partial charge on any atom is -0.481 e. The van der Waals surface area contributed by atoms with E-state index in [1.807, 2.05) is 0 Å². The van der Waals surface area contributed by atoms with Crippen LogP contribution in [0.2, 0.25) is 0 Å². The summed E-state index contributed by atoms with van der Waals surface area (Å²) in [6.45, 7) is 0. The molecular weight excluding hydrogens is 206 g/mol. The number of carboxylic acids is 1. The van der Waals surface area contributed by atoms with E-state index in [1.165, 1.54) is 0 Å². The lowest BCUT2D eigenvalue weighted by Gasteiger charge is -2.01. The third kappa shape index (κ3) is 3.45. The number of rotatable bonds is 3. The van der Waals surface area contributed by atoms with E-state index in [1.54, 1.807) is 24.3 Å². The summed E-state index contributed by atoms with van der Waals surface area (Å²) >= 11 is 5.09. The molecule has 1 aromatic rings. The van der Waals surface area contributed by atoms with Gasteiger partial charge in [0.15, 0.2) is 0 Å². The fraction of sp³-hybridized carbons (Fsp3) is 0.111. The molecule has 0 bridgehead atoms. The van der Waals surface area contributed by atoms with Crippen molar-refractivity contribution in [2.24, 2.45) is 0 Å². The number of hydrogen-bond acceptors (Lipinski definition) is 2. The molecule has 4 nitrogen and oxygen atoms in total. The molecule has 5 heteroatoms. The fourth-order valence-electron chi connectivity index (χ4n) is 0.994. The van der Waals surface area contributed by atoms with Crippen molar-refractivity contribution in [3.8, 4) is 0 Å². The molecule has 14 heavy (non-hydrogen) atoms. The van der Waals surface area contributed by atoms with Crippen LogP contribution in [0.5, 0.6) is 0 Å². The SMILES string of the molecule is O=C(O)Cc1ccc(NC(=O)Cl)cc1. The number of carboxylic acid groups (broad SMARTS) is 1. The number of carbonyl (C=O) groups excluding carboxylic acids is 1. The van der Waals surface area contributed by atoms with Crippen LogP contribution in [0.1, 0.15) is 5.56 Å². The van der Waals surface area contributed by atoms with Crippen LogP contribution >= 0.6 is 11.6 Å². The van der Waals surface area contributed by atoms with Gasteiger partial charge in [0, 0.05) is 5.69 Å². The molecule has 2 N–H and O–H groups in total. The predicted octanol–water partition coefficient (Wildman–Crippen LogP) is 2.08. The fourth-order valence-corrected chi connectivity index (χ4v) is 1.10. The first-order valence-electron chi connectivity index (χ1n) is 3.85. The van der Waals surface area contributed by atoms with Gasteiger partial charge in [-0.05, 0) is 29.3 Å². The van der Waals surface area contributed by atoms with Gasteiger partial charge in [-0.2, -0.15) is 0 Å². The first-order chi connectivity index (χ1) is 6.58. The average Bonchev–Trinajstić information content (AvgIpc) is 2.06. The molecule has 0 fully saturated rings. The molecule has 0 aliphatic heterocycles. The predicted molar refractivity (Wildman–Crippen MR) is 52.7 cm³/mol. The smallest absolute Gasteiger partial charge is 0.318 e. The second-order valence-electron chi connectivity index (χ2n) is 2.67. The summed E-state index contributed by atoms with van der Waals surface area (Å²) in [6.07, 6.45) is -0.0326. The number of amides is 1. The molecule has 0 saturated heterocycles. The van der Waals surface area contributed by atoms with E-state index in [0.717, 1.165) is 0 Å². The number of hydrogen-bond donors (Lipinski definition) is 2. The molecule has 0 heterocycles. The Hall–Kier alpha value is -1.55. The number of halogens is 1. The zero-order valence-corrected chi connectivity index (χ0v) is 7.91. The Kier molecular flexibility index (Phi) is 3.48. The van der Waals surface area contributed by atoms with Gasteiger partial charge in [-0.1, -0.05) is 12.1 Å². The van der Waals surface area contributed by atoms with Crippen molar-refractivity contribution >= 4 is 28.6 Å². The number of nitrogens with one attached hydrogen (secondary N) is 1. The van der Waals surface area contributed by atoms with Gasteiger partial charge in [0.25, 0.3) is 0 Å². The van der Waals surface area contributed by atoms with Crippen molar-refractivity contribution in [2.75, 3.05) is 5.32 Å². The highest BCUT2D eigenvalue weighted by atomic mass is 35.5. The quantitative estimate of drug-likeness (QED) is 0.597. The maximum absolute atomic E-state index is 10.4. The Labute approximate surface area is 85.5 Å². The van der Waals surface area contributed by atoms with E-state index in [0.29, 0.717) is 11.3 Å². The standard InChI is InChI=1S/C9H8ClNO3/c10-9(14)11-7-3-1-6(2-4-7)5-8(12)13/h1-4H,5H2,(H,11,14)(H,12,13). The molecule has 74 valence electrons. The minimum absolute atomic E-state index is 0.0326. The van der Waals surface area contributed by atoms with Crippen molar-refractivity contribution in [2.45, 2.75) is 6.42 Å². The molecule has 1 rings (SSSR count). The topological polar surface area (TPSA) is 66.4 Å². The van der Waals surface area contributed by atoms with E-state index in [4.69, 9.17) is 16.7 Å². The Morgan fingerprint density at radius 3 is 2.29 bits per heavy atom. The van der Waals surface area contributed by atoms with Crippen LogP contribution in [0.4, 0.5) is 10.5 Å². The summed E-state index contributed by atoms with van der Waals surface area (Å²) in [7, 11) is 0. The van der Waals surface area contributed by atoms with Crippen LogP contribution in [0.25, 0.3) is 0 Å². The number of aliphatic carboxylic acids is 1. The van der Waals surface area contributed by atoms with Crippen molar-refractivity contribution in [3.05, 3.63) is 29.8 Å². The van der Waals surface area contributed by atoms with Gasteiger partial charge in [0.1, 0.15) is 0 Å². The van der Waals surface area contributed by atoms with E-state index < -0.39 is 11.3 Å². The van der Waals surface area contributed by atoms with Crippen LogP contribution in [0.3, 0.4) is 0 Å².